The van der Waals surface area contributed by atoms with Gasteiger partial charge in [0.2, 0.25) is 5.91 Å². The van der Waals surface area contributed by atoms with Crippen molar-refractivity contribution in [2.75, 3.05) is 6.54 Å². The summed E-state index contributed by atoms with van der Waals surface area (Å²) < 4.78 is 0. The van der Waals surface area contributed by atoms with E-state index < -0.39 is 5.97 Å². The van der Waals surface area contributed by atoms with Gasteiger partial charge in [0, 0.05) is 6.54 Å². The van der Waals surface area contributed by atoms with Crippen molar-refractivity contribution in [2.24, 2.45) is 5.92 Å². The predicted molar refractivity (Wildman–Crippen MR) is 28.8 cm³/mol. The lowest BCUT2D eigenvalue weighted by Gasteiger charge is -2.23. The van der Waals surface area contributed by atoms with Gasteiger partial charge in [-0.3, -0.25) is 9.59 Å². The van der Waals surface area contributed by atoms with E-state index in [4.69, 9.17) is 5.11 Å². The molecule has 4 nitrogen and oxygen atoms in total. The first-order chi connectivity index (χ1) is 4.20. The van der Waals surface area contributed by atoms with Gasteiger partial charge < -0.3 is 10.4 Å². The Morgan fingerprint density at radius 2 is 2.56 bits per heavy atom. The fourth-order valence-electron chi connectivity index (χ4n) is 0.705. The van der Waals surface area contributed by atoms with Crippen LogP contribution in [0.25, 0.3) is 0 Å². The molecular formula is C5H7NO3. The van der Waals surface area contributed by atoms with Gasteiger partial charge in [-0.2, -0.15) is 0 Å². The van der Waals surface area contributed by atoms with Gasteiger partial charge in [0.15, 0.2) is 0 Å². The molecule has 0 aromatic rings. The van der Waals surface area contributed by atoms with Crippen LogP contribution in [0.3, 0.4) is 0 Å². The van der Waals surface area contributed by atoms with Crippen LogP contribution in [0.15, 0.2) is 0 Å². The summed E-state index contributed by atoms with van der Waals surface area (Å²) >= 11 is 0. The van der Waals surface area contributed by atoms with Crippen LogP contribution in [0.2, 0.25) is 0 Å². The van der Waals surface area contributed by atoms with Gasteiger partial charge in [-0.05, 0) is 0 Å². The number of β-lactam (4-membered cyclic amide) rings is 1. The zero-order chi connectivity index (χ0) is 6.85. The molecule has 1 saturated heterocycles. The molecule has 0 radical (unpaired) electrons. The Balaban J connectivity index is 2.29. The van der Waals surface area contributed by atoms with Gasteiger partial charge in [0.25, 0.3) is 0 Å². The maximum Gasteiger partial charge on any atom is 0.304 e. The molecule has 0 spiro atoms. The number of amides is 1. The highest BCUT2D eigenvalue weighted by Gasteiger charge is 2.29. The number of carbonyl (C=O) groups is 2. The molecule has 0 aromatic carbocycles. The van der Waals surface area contributed by atoms with Crippen LogP contribution < -0.4 is 5.32 Å². The molecule has 1 aliphatic heterocycles. The summed E-state index contributed by atoms with van der Waals surface area (Å²) in [6.45, 7) is 0.519. The van der Waals surface area contributed by atoms with Gasteiger partial charge in [-0.25, -0.2) is 0 Å². The van der Waals surface area contributed by atoms with Crippen LogP contribution >= 0.6 is 0 Å². The highest BCUT2D eigenvalue weighted by atomic mass is 16.4. The van der Waals surface area contributed by atoms with Crippen LogP contribution in [-0.4, -0.2) is 23.5 Å². The number of hydrogen-bond acceptors (Lipinski definition) is 2. The lowest BCUT2D eigenvalue weighted by Crippen LogP contribution is -2.49. The normalized spacial score (nSPS) is 24.4. The largest absolute Gasteiger partial charge is 0.481 e. The number of nitrogens with one attached hydrogen (secondary N) is 1. The third-order valence-electron chi connectivity index (χ3n) is 1.31. The molecule has 2 N–H and O–H groups in total. The number of aliphatic carboxylic acids is 1. The van der Waals surface area contributed by atoms with E-state index in [9.17, 15) is 9.59 Å². The third-order valence-corrected chi connectivity index (χ3v) is 1.31. The minimum Gasteiger partial charge on any atom is -0.481 e. The van der Waals surface area contributed by atoms with E-state index >= 15 is 0 Å². The van der Waals surface area contributed by atoms with Crippen molar-refractivity contribution in [3.8, 4) is 0 Å². The van der Waals surface area contributed by atoms with Crippen molar-refractivity contribution in [3.05, 3.63) is 0 Å². The molecule has 0 aliphatic carbocycles. The molecule has 0 aromatic heterocycles. The third kappa shape index (κ3) is 1.19. The Morgan fingerprint density at radius 3 is 2.67 bits per heavy atom. The molecule has 1 fully saturated rings. The lowest BCUT2D eigenvalue weighted by molar-refractivity contribution is -0.143. The van der Waals surface area contributed by atoms with Crippen LogP contribution in [0.4, 0.5) is 0 Å². The number of carboxylic acids is 1. The molecular weight excluding hydrogens is 122 g/mol. The van der Waals surface area contributed by atoms with E-state index in [-0.39, 0.29) is 18.2 Å². The summed E-state index contributed by atoms with van der Waals surface area (Å²) in [4.78, 5) is 20.4. The van der Waals surface area contributed by atoms with E-state index in [1.165, 1.54) is 0 Å². The maximum atomic E-state index is 10.4. The predicted octanol–water partition coefficient (Wildman–Crippen LogP) is -0.793. The first kappa shape index (κ1) is 6.07. The van der Waals surface area contributed by atoms with E-state index in [2.05, 4.69) is 5.32 Å². The summed E-state index contributed by atoms with van der Waals surface area (Å²) in [6.07, 6.45) is -0.0359. The molecule has 0 saturated carbocycles. The monoisotopic (exact) mass is 129 g/mol. The Labute approximate surface area is 51.9 Å². The molecule has 1 atom stereocenters. The van der Waals surface area contributed by atoms with Crippen LogP contribution in [0.1, 0.15) is 6.42 Å². The number of hydrogen-bond donors (Lipinski definition) is 2. The summed E-state index contributed by atoms with van der Waals surface area (Å²) in [6, 6.07) is 0. The molecule has 4 heteroatoms. The fraction of sp³-hybridized carbons (Fsp3) is 0.600. The van der Waals surface area contributed by atoms with E-state index in [1.54, 1.807) is 0 Å². The van der Waals surface area contributed by atoms with Gasteiger partial charge in [-0.1, -0.05) is 0 Å². The average Bonchev–Trinajstić information content (AvgIpc) is 1.79. The van der Waals surface area contributed by atoms with Crippen LogP contribution in [0.5, 0.6) is 0 Å². The molecule has 9 heavy (non-hydrogen) atoms. The molecule has 1 heterocycles. The van der Waals surface area contributed by atoms with Crippen molar-refractivity contribution in [1.82, 2.24) is 5.32 Å². The summed E-state index contributed by atoms with van der Waals surface area (Å²) in [5.41, 5.74) is 0. The highest BCUT2D eigenvalue weighted by Crippen LogP contribution is 2.08. The van der Waals surface area contributed by atoms with Crippen molar-refractivity contribution in [2.45, 2.75) is 6.42 Å². The highest BCUT2D eigenvalue weighted by molar-refractivity contribution is 5.87. The first-order valence-corrected chi connectivity index (χ1v) is 2.69. The standard InChI is InChI=1S/C5H7NO3/c7-4(8)1-3-2-6-5(3)9/h3H,1-2H2,(H,6,9)(H,7,8). The smallest absolute Gasteiger partial charge is 0.304 e. The second-order valence-corrected chi connectivity index (χ2v) is 2.04. The molecule has 1 rings (SSSR count). The molecule has 0 bridgehead atoms. The Bertz CT molecular complexity index is 154. The van der Waals surface area contributed by atoms with Gasteiger partial charge in [0.1, 0.15) is 0 Å². The molecule has 50 valence electrons. The zero-order valence-electron chi connectivity index (χ0n) is 4.76. The van der Waals surface area contributed by atoms with Crippen LogP contribution in [0, 0.1) is 5.92 Å². The molecule has 1 amide bonds. The summed E-state index contributed by atoms with van der Waals surface area (Å²) in [5, 5.41) is 10.6. The van der Waals surface area contributed by atoms with Crippen molar-refractivity contribution < 1.29 is 14.7 Å². The quantitative estimate of drug-likeness (QED) is 0.480. The summed E-state index contributed by atoms with van der Waals surface area (Å²) in [5.74, 6) is -1.32. The average molecular weight is 129 g/mol. The first-order valence-electron chi connectivity index (χ1n) is 2.69. The lowest BCUT2D eigenvalue weighted by atomic mass is 9.99. The topological polar surface area (TPSA) is 66.4 Å². The minimum absolute atomic E-state index is 0.0359. The van der Waals surface area contributed by atoms with E-state index in [0.29, 0.717) is 6.54 Å². The SMILES string of the molecule is O=C(O)CC1CNC1=O. The number of carbonyl (C=O) groups excluding carboxylic acids is 1. The molecule has 1 aliphatic rings. The van der Waals surface area contributed by atoms with E-state index in [0.717, 1.165) is 0 Å². The number of rotatable bonds is 2. The van der Waals surface area contributed by atoms with Crippen molar-refractivity contribution in [3.63, 3.8) is 0 Å². The maximum absolute atomic E-state index is 10.4. The zero-order valence-corrected chi connectivity index (χ0v) is 4.76. The van der Waals surface area contributed by atoms with Gasteiger partial charge >= 0.3 is 5.97 Å². The Morgan fingerprint density at radius 1 is 1.89 bits per heavy atom. The van der Waals surface area contributed by atoms with Crippen LogP contribution in [-0.2, 0) is 9.59 Å². The Hall–Kier alpha value is -1.06. The minimum atomic E-state index is -0.908. The fourth-order valence-corrected chi connectivity index (χ4v) is 0.705. The van der Waals surface area contributed by atoms with Gasteiger partial charge in [0.05, 0.1) is 12.3 Å². The van der Waals surface area contributed by atoms with Crippen molar-refractivity contribution >= 4 is 11.9 Å². The van der Waals surface area contributed by atoms with E-state index in [1.807, 2.05) is 0 Å². The second-order valence-electron chi connectivity index (χ2n) is 2.04. The molecule has 1 unspecified atom stereocenters. The Kier molecular flexibility index (Phi) is 1.38. The van der Waals surface area contributed by atoms with Gasteiger partial charge in [-0.15, -0.1) is 0 Å². The summed E-state index contributed by atoms with van der Waals surface area (Å²) in [7, 11) is 0. The number of carboxylic acid groups (broad SMARTS) is 1. The van der Waals surface area contributed by atoms with Crippen molar-refractivity contribution in [1.29, 1.82) is 0 Å². The second kappa shape index (κ2) is 2.05.